The van der Waals surface area contributed by atoms with Crippen molar-refractivity contribution in [3.63, 3.8) is 0 Å². The summed E-state index contributed by atoms with van der Waals surface area (Å²) in [6, 6.07) is 3.91. The zero-order valence-corrected chi connectivity index (χ0v) is 12.6. The van der Waals surface area contributed by atoms with Crippen LogP contribution < -0.4 is 11.3 Å². The van der Waals surface area contributed by atoms with Gasteiger partial charge >= 0.3 is 0 Å². The van der Waals surface area contributed by atoms with E-state index < -0.39 is 0 Å². The Hall–Kier alpha value is -0.680. The molecule has 112 valence electrons. The summed E-state index contributed by atoms with van der Waals surface area (Å²) in [4.78, 5) is 4.33. The van der Waals surface area contributed by atoms with Crippen LogP contribution >= 0.6 is 11.6 Å². The van der Waals surface area contributed by atoms with Gasteiger partial charge in [0.1, 0.15) is 0 Å². The molecular formula is C15H24ClN3O. The normalized spacial score (nSPS) is 18.1. The van der Waals surface area contributed by atoms with E-state index in [1.54, 1.807) is 6.20 Å². The highest BCUT2D eigenvalue weighted by Gasteiger charge is 2.14. The lowest BCUT2D eigenvalue weighted by molar-refractivity contribution is 0.0630. The van der Waals surface area contributed by atoms with Gasteiger partial charge in [0.05, 0.1) is 16.8 Å². The predicted octanol–water partition coefficient (Wildman–Crippen LogP) is 3.23. The first-order valence-corrected chi connectivity index (χ1v) is 7.82. The molecule has 3 N–H and O–H groups in total. The molecule has 1 aliphatic heterocycles. The van der Waals surface area contributed by atoms with E-state index in [-0.39, 0.29) is 6.04 Å². The van der Waals surface area contributed by atoms with Crippen molar-refractivity contribution in [2.75, 3.05) is 13.2 Å². The molecule has 20 heavy (non-hydrogen) atoms. The molecule has 1 atom stereocenters. The van der Waals surface area contributed by atoms with Crippen LogP contribution in [0, 0.1) is 5.92 Å². The van der Waals surface area contributed by atoms with Crippen LogP contribution in [0.5, 0.6) is 0 Å². The Kier molecular flexibility index (Phi) is 6.73. The van der Waals surface area contributed by atoms with Gasteiger partial charge in [0.25, 0.3) is 0 Å². The quantitative estimate of drug-likeness (QED) is 0.461. The summed E-state index contributed by atoms with van der Waals surface area (Å²) in [5.74, 6) is 6.48. The maximum Gasteiger partial charge on any atom is 0.0632 e. The Labute approximate surface area is 126 Å². The molecule has 0 aliphatic carbocycles. The highest BCUT2D eigenvalue weighted by molar-refractivity contribution is 6.30. The molecular weight excluding hydrogens is 274 g/mol. The number of nitrogens with zero attached hydrogens (tertiary/aromatic N) is 1. The van der Waals surface area contributed by atoms with Gasteiger partial charge in [-0.25, -0.2) is 0 Å². The van der Waals surface area contributed by atoms with Crippen LogP contribution in [0.15, 0.2) is 18.3 Å². The summed E-state index contributed by atoms with van der Waals surface area (Å²) in [6.45, 7) is 1.87. The second-order valence-corrected chi connectivity index (χ2v) is 5.90. The number of hydrazine groups is 1. The third-order valence-electron chi connectivity index (χ3n) is 4.00. The van der Waals surface area contributed by atoms with Gasteiger partial charge in [-0.2, -0.15) is 0 Å². The number of pyridine rings is 1. The fourth-order valence-corrected chi connectivity index (χ4v) is 2.84. The highest BCUT2D eigenvalue weighted by Crippen LogP contribution is 2.23. The minimum absolute atomic E-state index is 0.113. The second kappa shape index (κ2) is 8.57. The molecule has 2 heterocycles. The molecule has 0 saturated carbocycles. The molecule has 1 unspecified atom stereocenters. The third-order valence-corrected chi connectivity index (χ3v) is 4.23. The first-order chi connectivity index (χ1) is 9.79. The average Bonchev–Trinajstić information content (AvgIpc) is 2.50. The maximum absolute atomic E-state index is 5.85. The number of halogens is 1. The van der Waals surface area contributed by atoms with Crippen LogP contribution in [0.1, 0.15) is 50.3 Å². The van der Waals surface area contributed by atoms with Crippen molar-refractivity contribution in [2.45, 2.75) is 44.6 Å². The molecule has 5 heteroatoms. The van der Waals surface area contributed by atoms with E-state index in [9.17, 15) is 0 Å². The molecule has 1 aliphatic rings. The Morgan fingerprint density at radius 1 is 1.35 bits per heavy atom. The van der Waals surface area contributed by atoms with E-state index in [2.05, 4.69) is 10.4 Å². The molecule has 0 amide bonds. The summed E-state index contributed by atoms with van der Waals surface area (Å²) in [6.07, 6.45) is 8.83. The van der Waals surface area contributed by atoms with E-state index in [1.165, 1.54) is 25.7 Å². The molecule has 0 bridgehead atoms. The van der Waals surface area contributed by atoms with Crippen LogP contribution in [-0.4, -0.2) is 18.2 Å². The van der Waals surface area contributed by atoms with Crippen molar-refractivity contribution in [3.8, 4) is 0 Å². The summed E-state index contributed by atoms with van der Waals surface area (Å²) in [5, 5.41) is 0.657. The predicted molar refractivity (Wildman–Crippen MR) is 81.3 cm³/mol. The van der Waals surface area contributed by atoms with Gasteiger partial charge in [-0.3, -0.25) is 16.3 Å². The van der Waals surface area contributed by atoms with Gasteiger partial charge in [-0.1, -0.05) is 30.9 Å². The molecule has 1 aromatic heterocycles. The zero-order valence-electron chi connectivity index (χ0n) is 11.9. The van der Waals surface area contributed by atoms with Gasteiger partial charge in [0, 0.05) is 19.4 Å². The first kappa shape index (κ1) is 15.7. The van der Waals surface area contributed by atoms with E-state index in [4.69, 9.17) is 22.2 Å². The number of nitrogens with one attached hydrogen (secondary N) is 1. The van der Waals surface area contributed by atoms with Gasteiger partial charge in [0.2, 0.25) is 0 Å². The van der Waals surface area contributed by atoms with Crippen molar-refractivity contribution in [2.24, 2.45) is 11.8 Å². The topological polar surface area (TPSA) is 60.2 Å². The highest BCUT2D eigenvalue weighted by atomic mass is 35.5. The van der Waals surface area contributed by atoms with Crippen molar-refractivity contribution in [3.05, 3.63) is 29.0 Å². The van der Waals surface area contributed by atoms with Crippen LogP contribution in [0.2, 0.25) is 5.02 Å². The molecule has 0 spiro atoms. The third kappa shape index (κ3) is 5.02. The Balaban J connectivity index is 1.69. The van der Waals surface area contributed by atoms with E-state index in [1.807, 2.05) is 12.1 Å². The Bertz CT molecular complexity index is 379. The number of hydrogen-bond acceptors (Lipinski definition) is 4. The lowest BCUT2D eigenvalue weighted by Gasteiger charge is -2.22. The molecule has 1 aromatic rings. The fraction of sp³-hybridized carbons (Fsp3) is 0.667. The second-order valence-electron chi connectivity index (χ2n) is 5.46. The van der Waals surface area contributed by atoms with Crippen LogP contribution in [0.4, 0.5) is 0 Å². The average molecular weight is 298 g/mol. The zero-order chi connectivity index (χ0) is 14.2. The smallest absolute Gasteiger partial charge is 0.0632 e. The number of nitrogens with two attached hydrogens (primary N) is 1. The number of rotatable bonds is 7. The van der Waals surface area contributed by atoms with Gasteiger partial charge < -0.3 is 4.74 Å². The lowest BCUT2D eigenvalue weighted by atomic mass is 9.93. The van der Waals surface area contributed by atoms with Crippen molar-refractivity contribution < 1.29 is 4.74 Å². The van der Waals surface area contributed by atoms with E-state index >= 15 is 0 Å². The molecule has 0 radical (unpaired) electrons. The number of ether oxygens (including phenoxy) is 1. The fourth-order valence-electron chi connectivity index (χ4n) is 2.73. The standard InChI is InChI=1S/C15H24ClN3O/c16-13-5-6-14(18-11-13)15(19-17)4-2-1-3-12-7-9-20-10-8-12/h5-6,11-12,15,19H,1-4,7-10,17H2. The minimum atomic E-state index is 0.113. The minimum Gasteiger partial charge on any atom is -0.381 e. The first-order valence-electron chi connectivity index (χ1n) is 7.45. The van der Waals surface area contributed by atoms with E-state index in [0.29, 0.717) is 5.02 Å². The van der Waals surface area contributed by atoms with Crippen molar-refractivity contribution >= 4 is 11.6 Å². The molecule has 1 fully saturated rings. The number of hydrogen-bond donors (Lipinski definition) is 2. The number of unbranched alkanes of at least 4 members (excludes halogenated alkanes) is 1. The van der Waals surface area contributed by atoms with Gasteiger partial charge in [-0.05, 0) is 37.3 Å². The molecule has 4 nitrogen and oxygen atoms in total. The van der Waals surface area contributed by atoms with Crippen molar-refractivity contribution in [1.29, 1.82) is 0 Å². The Morgan fingerprint density at radius 3 is 2.80 bits per heavy atom. The van der Waals surface area contributed by atoms with Crippen LogP contribution in [0.3, 0.4) is 0 Å². The summed E-state index contributed by atoms with van der Waals surface area (Å²) in [7, 11) is 0. The molecule has 2 rings (SSSR count). The SMILES string of the molecule is NNC(CCCCC1CCOCC1)c1ccc(Cl)cn1. The Morgan fingerprint density at radius 2 is 2.15 bits per heavy atom. The number of aromatic nitrogens is 1. The van der Waals surface area contributed by atoms with Crippen LogP contribution in [0.25, 0.3) is 0 Å². The largest absolute Gasteiger partial charge is 0.381 e. The summed E-state index contributed by atoms with van der Waals surface area (Å²) >= 11 is 5.85. The maximum atomic E-state index is 5.85. The summed E-state index contributed by atoms with van der Waals surface area (Å²) in [5.41, 5.74) is 3.81. The van der Waals surface area contributed by atoms with Gasteiger partial charge in [-0.15, -0.1) is 0 Å². The summed E-state index contributed by atoms with van der Waals surface area (Å²) < 4.78 is 5.38. The lowest BCUT2D eigenvalue weighted by Crippen LogP contribution is -2.28. The van der Waals surface area contributed by atoms with Gasteiger partial charge in [0.15, 0.2) is 0 Å². The van der Waals surface area contributed by atoms with E-state index in [0.717, 1.165) is 37.7 Å². The monoisotopic (exact) mass is 297 g/mol. The van der Waals surface area contributed by atoms with Crippen molar-refractivity contribution in [1.82, 2.24) is 10.4 Å². The van der Waals surface area contributed by atoms with Crippen LogP contribution in [-0.2, 0) is 4.74 Å². The molecule has 0 aromatic carbocycles. The molecule has 1 saturated heterocycles.